The smallest absolute Gasteiger partial charge is 0.227 e. The molecule has 1 aromatic heterocycles. The maximum atomic E-state index is 13.0. The summed E-state index contributed by atoms with van der Waals surface area (Å²) in [5, 5.41) is 0. The first-order valence-corrected chi connectivity index (χ1v) is 11.7. The molecule has 1 amide bonds. The van der Waals surface area contributed by atoms with E-state index in [0.717, 1.165) is 52.6 Å². The van der Waals surface area contributed by atoms with E-state index in [1.165, 1.54) is 0 Å². The number of aromatic nitrogens is 2. The largest absolute Gasteiger partial charge is 0.497 e. The van der Waals surface area contributed by atoms with E-state index >= 15 is 0 Å². The zero-order valence-corrected chi connectivity index (χ0v) is 19.6. The Kier molecular flexibility index (Phi) is 6.21. The molecule has 5 rings (SSSR count). The van der Waals surface area contributed by atoms with Gasteiger partial charge in [0.05, 0.1) is 24.8 Å². The minimum Gasteiger partial charge on any atom is -0.497 e. The Morgan fingerprint density at radius 3 is 2.50 bits per heavy atom. The summed E-state index contributed by atoms with van der Waals surface area (Å²) in [6.45, 7) is 4.07. The fourth-order valence-electron chi connectivity index (χ4n) is 4.71. The molecule has 1 unspecified atom stereocenters. The first kappa shape index (κ1) is 22.0. The molecule has 34 heavy (non-hydrogen) atoms. The number of anilines is 1. The highest BCUT2D eigenvalue weighted by Gasteiger charge is 2.35. The van der Waals surface area contributed by atoms with Gasteiger partial charge in [0.2, 0.25) is 5.91 Å². The van der Waals surface area contributed by atoms with Gasteiger partial charge in [0.15, 0.2) is 0 Å². The predicted octanol–water partition coefficient (Wildman–Crippen LogP) is 5.34. The van der Waals surface area contributed by atoms with E-state index in [1.807, 2.05) is 78.6 Å². The standard InChI is InChI=1S/C28H29N3O3/c1-20-8-3-5-10-25(20)31-19-21(18-27(31)32)28-29-24-9-4-6-11-26(24)30(28)16-7-17-34-23-14-12-22(33-2)13-15-23/h3-6,8-15,21H,7,16-19H2,1-2H3. The van der Waals surface area contributed by atoms with E-state index in [0.29, 0.717) is 19.6 Å². The molecule has 3 aromatic carbocycles. The van der Waals surface area contributed by atoms with Crippen LogP contribution in [0.4, 0.5) is 5.69 Å². The fraction of sp³-hybridized carbons (Fsp3) is 0.286. The van der Waals surface area contributed by atoms with Gasteiger partial charge in [0.1, 0.15) is 17.3 Å². The number of amides is 1. The number of hydrogen-bond donors (Lipinski definition) is 0. The molecule has 1 fully saturated rings. The van der Waals surface area contributed by atoms with Crippen molar-refractivity contribution in [2.45, 2.75) is 32.2 Å². The Labute approximate surface area is 199 Å². The van der Waals surface area contributed by atoms with Crippen LogP contribution >= 0.6 is 0 Å². The zero-order chi connectivity index (χ0) is 23.5. The molecule has 4 aromatic rings. The third kappa shape index (κ3) is 4.36. The second kappa shape index (κ2) is 9.59. The second-order valence-corrected chi connectivity index (χ2v) is 8.68. The quantitative estimate of drug-likeness (QED) is 0.337. The molecule has 1 aliphatic heterocycles. The van der Waals surface area contributed by atoms with Gasteiger partial charge in [-0.1, -0.05) is 30.3 Å². The summed E-state index contributed by atoms with van der Waals surface area (Å²) in [7, 11) is 1.65. The molecule has 6 heteroatoms. The summed E-state index contributed by atoms with van der Waals surface area (Å²) in [5.74, 6) is 2.83. The average molecular weight is 456 g/mol. The number of imidazole rings is 1. The third-order valence-corrected chi connectivity index (χ3v) is 6.43. The number of methoxy groups -OCH3 is 1. The SMILES string of the molecule is COc1ccc(OCCCn2c(C3CC(=O)N(c4ccccc4C)C3)nc3ccccc32)cc1. The molecule has 0 saturated carbocycles. The Balaban J connectivity index is 1.33. The van der Waals surface area contributed by atoms with Crippen LogP contribution in [0.2, 0.25) is 0 Å². The van der Waals surface area contributed by atoms with Gasteiger partial charge in [-0.15, -0.1) is 0 Å². The molecule has 0 N–H and O–H groups in total. The van der Waals surface area contributed by atoms with Crippen LogP contribution in [0.25, 0.3) is 11.0 Å². The van der Waals surface area contributed by atoms with Crippen molar-refractivity contribution in [2.24, 2.45) is 0 Å². The van der Waals surface area contributed by atoms with E-state index in [1.54, 1.807) is 7.11 Å². The predicted molar refractivity (Wildman–Crippen MR) is 134 cm³/mol. The van der Waals surface area contributed by atoms with E-state index in [-0.39, 0.29) is 11.8 Å². The number of carbonyl (C=O) groups excluding carboxylic acids is 1. The van der Waals surface area contributed by atoms with Crippen LogP contribution in [0, 0.1) is 6.92 Å². The number of para-hydroxylation sites is 3. The lowest BCUT2D eigenvalue weighted by atomic mass is 10.1. The Morgan fingerprint density at radius 2 is 1.71 bits per heavy atom. The van der Waals surface area contributed by atoms with Crippen LogP contribution in [-0.2, 0) is 11.3 Å². The monoisotopic (exact) mass is 455 g/mol. The van der Waals surface area contributed by atoms with Crippen LogP contribution in [0.5, 0.6) is 11.5 Å². The van der Waals surface area contributed by atoms with Gasteiger partial charge in [-0.2, -0.15) is 0 Å². The van der Waals surface area contributed by atoms with Crippen LogP contribution < -0.4 is 14.4 Å². The number of benzene rings is 3. The first-order valence-electron chi connectivity index (χ1n) is 11.7. The van der Waals surface area contributed by atoms with Crippen molar-refractivity contribution in [1.29, 1.82) is 0 Å². The number of ether oxygens (including phenoxy) is 2. The lowest BCUT2D eigenvalue weighted by molar-refractivity contribution is -0.117. The number of nitrogens with zero attached hydrogens (tertiary/aromatic N) is 3. The van der Waals surface area contributed by atoms with Crippen LogP contribution in [0.1, 0.15) is 30.1 Å². The average Bonchev–Trinajstić information content (AvgIpc) is 3.43. The van der Waals surface area contributed by atoms with Gasteiger partial charge in [-0.25, -0.2) is 4.98 Å². The zero-order valence-electron chi connectivity index (χ0n) is 19.6. The summed E-state index contributed by atoms with van der Waals surface area (Å²) < 4.78 is 13.4. The van der Waals surface area contributed by atoms with Crippen molar-refractivity contribution in [3.63, 3.8) is 0 Å². The van der Waals surface area contributed by atoms with Crippen LogP contribution in [0.15, 0.2) is 72.8 Å². The molecule has 1 atom stereocenters. The number of rotatable bonds is 8. The number of aryl methyl sites for hydroxylation is 2. The Hall–Kier alpha value is -3.80. The second-order valence-electron chi connectivity index (χ2n) is 8.68. The minimum atomic E-state index is 0.0574. The highest BCUT2D eigenvalue weighted by atomic mass is 16.5. The normalized spacial score (nSPS) is 15.8. The summed E-state index contributed by atoms with van der Waals surface area (Å²) in [4.78, 5) is 19.8. The molecule has 0 bridgehead atoms. The van der Waals surface area contributed by atoms with Crippen molar-refractivity contribution >= 4 is 22.6 Å². The number of hydrogen-bond acceptors (Lipinski definition) is 4. The summed E-state index contributed by atoms with van der Waals surface area (Å²) in [6, 6.07) is 23.9. The van der Waals surface area contributed by atoms with E-state index in [4.69, 9.17) is 14.5 Å². The van der Waals surface area contributed by atoms with Crippen LogP contribution in [-0.4, -0.2) is 35.7 Å². The molecule has 174 valence electrons. The fourth-order valence-corrected chi connectivity index (χ4v) is 4.71. The van der Waals surface area contributed by atoms with E-state index < -0.39 is 0 Å². The highest BCUT2D eigenvalue weighted by molar-refractivity contribution is 5.97. The van der Waals surface area contributed by atoms with Crippen molar-refractivity contribution in [3.05, 3.63) is 84.2 Å². The van der Waals surface area contributed by atoms with Gasteiger partial charge in [-0.05, 0) is 61.4 Å². The van der Waals surface area contributed by atoms with Gasteiger partial charge >= 0.3 is 0 Å². The van der Waals surface area contributed by atoms with Crippen molar-refractivity contribution in [3.8, 4) is 11.5 Å². The maximum absolute atomic E-state index is 13.0. The van der Waals surface area contributed by atoms with Gasteiger partial charge < -0.3 is 18.9 Å². The summed E-state index contributed by atoms with van der Waals surface area (Å²) >= 11 is 0. The summed E-state index contributed by atoms with van der Waals surface area (Å²) in [6.07, 6.45) is 1.31. The molecule has 0 aliphatic carbocycles. The molecule has 2 heterocycles. The molecule has 6 nitrogen and oxygen atoms in total. The first-order chi connectivity index (χ1) is 16.6. The number of fused-ring (bicyclic) bond motifs is 1. The number of carbonyl (C=O) groups is 1. The van der Waals surface area contributed by atoms with Gasteiger partial charge in [0, 0.05) is 31.1 Å². The van der Waals surface area contributed by atoms with E-state index in [2.05, 4.69) is 10.6 Å². The maximum Gasteiger partial charge on any atom is 0.227 e. The molecule has 1 aliphatic rings. The lowest BCUT2D eigenvalue weighted by Crippen LogP contribution is -2.25. The highest BCUT2D eigenvalue weighted by Crippen LogP contribution is 2.34. The molecule has 0 radical (unpaired) electrons. The Bertz CT molecular complexity index is 1300. The summed E-state index contributed by atoms with van der Waals surface area (Å²) in [5.41, 5.74) is 4.17. The molecular weight excluding hydrogens is 426 g/mol. The molecule has 0 spiro atoms. The topological polar surface area (TPSA) is 56.6 Å². The molecule has 1 saturated heterocycles. The lowest BCUT2D eigenvalue weighted by Gasteiger charge is -2.19. The Morgan fingerprint density at radius 1 is 0.971 bits per heavy atom. The van der Waals surface area contributed by atoms with Crippen molar-refractivity contribution in [1.82, 2.24) is 9.55 Å². The van der Waals surface area contributed by atoms with Crippen molar-refractivity contribution in [2.75, 3.05) is 25.2 Å². The van der Waals surface area contributed by atoms with Crippen LogP contribution in [0.3, 0.4) is 0 Å². The molecular formula is C28H29N3O3. The van der Waals surface area contributed by atoms with Crippen molar-refractivity contribution < 1.29 is 14.3 Å². The third-order valence-electron chi connectivity index (χ3n) is 6.43. The van der Waals surface area contributed by atoms with Gasteiger partial charge in [0.25, 0.3) is 0 Å². The van der Waals surface area contributed by atoms with Gasteiger partial charge in [-0.3, -0.25) is 4.79 Å². The minimum absolute atomic E-state index is 0.0574. The van der Waals surface area contributed by atoms with E-state index in [9.17, 15) is 4.79 Å².